The molecule has 4 nitrogen and oxygen atoms in total. The Balaban J connectivity index is 3.10. The van der Waals surface area contributed by atoms with E-state index in [1.807, 2.05) is 26.0 Å². The number of hydrogen-bond donors (Lipinski definition) is 0. The van der Waals surface area contributed by atoms with Crippen molar-refractivity contribution in [2.75, 3.05) is 19.0 Å². The van der Waals surface area contributed by atoms with Crippen molar-refractivity contribution in [1.82, 2.24) is 9.55 Å². The minimum atomic E-state index is 0.591. The van der Waals surface area contributed by atoms with Gasteiger partial charge in [0.1, 0.15) is 5.69 Å². The minimum absolute atomic E-state index is 0.591. The SMILES string of the molecule is CN(C)c1ncc(C=O)n1C. The predicted molar refractivity (Wildman–Crippen MR) is 42.9 cm³/mol. The van der Waals surface area contributed by atoms with E-state index in [2.05, 4.69) is 4.98 Å². The predicted octanol–water partition coefficient (Wildman–Crippen LogP) is 0.299. The first kappa shape index (κ1) is 7.78. The van der Waals surface area contributed by atoms with Gasteiger partial charge in [-0.05, 0) is 0 Å². The van der Waals surface area contributed by atoms with Gasteiger partial charge in [0.15, 0.2) is 6.29 Å². The third-order valence-electron chi connectivity index (χ3n) is 1.52. The van der Waals surface area contributed by atoms with Gasteiger partial charge in [-0.1, -0.05) is 0 Å². The Morgan fingerprint density at radius 2 is 2.27 bits per heavy atom. The van der Waals surface area contributed by atoms with Gasteiger partial charge in [0, 0.05) is 21.1 Å². The van der Waals surface area contributed by atoms with Crippen molar-refractivity contribution >= 4 is 12.2 Å². The molecular formula is C7H11N3O. The van der Waals surface area contributed by atoms with Gasteiger partial charge in [0.05, 0.1) is 6.20 Å². The van der Waals surface area contributed by atoms with E-state index in [9.17, 15) is 4.79 Å². The number of aldehydes is 1. The molecule has 0 aliphatic rings. The fraction of sp³-hybridized carbons (Fsp3) is 0.429. The highest BCUT2D eigenvalue weighted by atomic mass is 16.1. The van der Waals surface area contributed by atoms with Gasteiger partial charge in [0.2, 0.25) is 5.95 Å². The summed E-state index contributed by atoms with van der Waals surface area (Å²) in [6.07, 6.45) is 2.35. The molecule has 60 valence electrons. The van der Waals surface area contributed by atoms with E-state index in [0.717, 1.165) is 12.2 Å². The van der Waals surface area contributed by atoms with E-state index < -0.39 is 0 Å². The van der Waals surface area contributed by atoms with Crippen LogP contribution in [-0.2, 0) is 7.05 Å². The molecule has 0 saturated carbocycles. The van der Waals surface area contributed by atoms with Crippen molar-refractivity contribution in [2.45, 2.75) is 0 Å². The highest BCUT2D eigenvalue weighted by molar-refractivity contribution is 5.72. The quantitative estimate of drug-likeness (QED) is 0.573. The van der Waals surface area contributed by atoms with E-state index in [-0.39, 0.29) is 0 Å². The molecule has 0 aliphatic carbocycles. The Bertz CT molecular complexity index is 265. The van der Waals surface area contributed by atoms with Crippen LogP contribution >= 0.6 is 0 Å². The van der Waals surface area contributed by atoms with Crippen molar-refractivity contribution < 1.29 is 4.79 Å². The third kappa shape index (κ3) is 1.24. The highest BCUT2D eigenvalue weighted by Gasteiger charge is 2.05. The lowest BCUT2D eigenvalue weighted by Crippen LogP contribution is -2.14. The van der Waals surface area contributed by atoms with E-state index >= 15 is 0 Å². The number of nitrogens with zero attached hydrogens (tertiary/aromatic N) is 3. The molecule has 0 unspecified atom stereocenters. The first-order chi connectivity index (χ1) is 5.16. The summed E-state index contributed by atoms with van der Waals surface area (Å²) in [6.45, 7) is 0. The Kier molecular flexibility index (Phi) is 1.94. The second kappa shape index (κ2) is 2.74. The van der Waals surface area contributed by atoms with E-state index in [1.54, 1.807) is 10.8 Å². The zero-order valence-corrected chi connectivity index (χ0v) is 6.90. The van der Waals surface area contributed by atoms with Crippen LogP contribution in [0.1, 0.15) is 10.5 Å². The molecule has 0 spiro atoms. The lowest BCUT2D eigenvalue weighted by molar-refractivity contribution is 0.111. The molecule has 0 aromatic carbocycles. The molecule has 0 radical (unpaired) electrons. The van der Waals surface area contributed by atoms with E-state index in [4.69, 9.17) is 0 Å². The van der Waals surface area contributed by atoms with Crippen LogP contribution in [0.2, 0.25) is 0 Å². The second-order valence-corrected chi connectivity index (χ2v) is 2.55. The molecule has 0 bridgehead atoms. The number of carbonyl (C=O) groups is 1. The van der Waals surface area contributed by atoms with Crippen LogP contribution < -0.4 is 4.90 Å². The fourth-order valence-electron chi connectivity index (χ4n) is 0.938. The molecule has 1 heterocycles. The van der Waals surface area contributed by atoms with Gasteiger partial charge >= 0.3 is 0 Å². The van der Waals surface area contributed by atoms with Crippen molar-refractivity contribution in [3.05, 3.63) is 11.9 Å². The molecule has 1 aromatic heterocycles. The molecule has 0 fully saturated rings. The van der Waals surface area contributed by atoms with Crippen LogP contribution in [0.4, 0.5) is 5.95 Å². The number of hydrogen-bond acceptors (Lipinski definition) is 3. The topological polar surface area (TPSA) is 38.1 Å². The summed E-state index contributed by atoms with van der Waals surface area (Å²) in [5.74, 6) is 0.784. The van der Waals surface area contributed by atoms with E-state index in [0.29, 0.717) is 5.69 Å². The molecule has 0 saturated heterocycles. The van der Waals surface area contributed by atoms with Gasteiger partial charge in [-0.15, -0.1) is 0 Å². The molecule has 0 aliphatic heterocycles. The zero-order valence-electron chi connectivity index (χ0n) is 6.90. The molecule has 0 atom stereocenters. The normalized spacial score (nSPS) is 9.73. The first-order valence-electron chi connectivity index (χ1n) is 3.31. The largest absolute Gasteiger partial charge is 0.348 e. The minimum Gasteiger partial charge on any atom is -0.348 e. The first-order valence-corrected chi connectivity index (χ1v) is 3.31. The van der Waals surface area contributed by atoms with Crippen molar-refractivity contribution in [2.24, 2.45) is 7.05 Å². The average molecular weight is 153 g/mol. The number of carbonyl (C=O) groups excluding carboxylic acids is 1. The summed E-state index contributed by atoms with van der Waals surface area (Å²) in [5.41, 5.74) is 0.591. The lowest BCUT2D eigenvalue weighted by Gasteiger charge is -2.10. The molecule has 1 aromatic rings. The molecule has 4 heteroatoms. The molecule has 11 heavy (non-hydrogen) atoms. The maximum absolute atomic E-state index is 10.4. The number of aromatic nitrogens is 2. The summed E-state index contributed by atoms with van der Waals surface area (Å²) in [6, 6.07) is 0. The Morgan fingerprint density at radius 3 is 2.55 bits per heavy atom. The van der Waals surface area contributed by atoms with Crippen molar-refractivity contribution in [1.29, 1.82) is 0 Å². The van der Waals surface area contributed by atoms with Gasteiger partial charge in [-0.2, -0.15) is 0 Å². The van der Waals surface area contributed by atoms with Gasteiger partial charge in [-0.25, -0.2) is 4.98 Å². The maximum atomic E-state index is 10.4. The molecular weight excluding hydrogens is 142 g/mol. The summed E-state index contributed by atoms with van der Waals surface area (Å²) in [5, 5.41) is 0. The Morgan fingerprint density at radius 1 is 1.64 bits per heavy atom. The van der Waals surface area contributed by atoms with Crippen LogP contribution in [0.25, 0.3) is 0 Å². The third-order valence-corrected chi connectivity index (χ3v) is 1.52. The number of imidazole rings is 1. The van der Waals surface area contributed by atoms with E-state index in [1.165, 1.54) is 0 Å². The molecule has 0 N–H and O–H groups in total. The van der Waals surface area contributed by atoms with Crippen LogP contribution in [0.5, 0.6) is 0 Å². The number of anilines is 1. The second-order valence-electron chi connectivity index (χ2n) is 2.55. The van der Waals surface area contributed by atoms with Crippen LogP contribution in [-0.4, -0.2) is 29.9 Å². The Labute approximate surface area is 65.5 Å². The average Bonchev–Trinajstić information content (AvgIpc) is 2.30. The zero-order chi connectivity index (χ0) is 8.43. The summed E-state index contributed by atoms with van der Waals surface area (Å²) in [4.78, 5) is 16.3. The van der Waals surface area contributed by atoms with Gasteiger partial charge in [0.25, 0.3) is 0 Å². The summed E-state index contributed by atoms with van der Waals surface area (Å²) >= 11 is 0. The smallest absolute Gasteiger partial charge is 0.205 e. The molecule has 0 amide bonds. The van der Waals surface area contributed by atoms with Crippen LogP contribution in [0, 0.1) is 0 Å². The van der Waals surface area contributed by atoms with Crippen LogP contribution in [0.3, 0.4) is 0 Å². The van der Waals surface area contributed by atoms with Gasteiger partial charge < -0.3 is 9.47 Å². The van der Waals surface area contributed by atoms with Crippen LogP contribution in [0.15, 0.2) is 6.20 Å². The fourth-order valence-corrected chi connectivity index (χ4v) is 0.938. The maximum Gasteiger partial charge on any atom is 0.205 e. The van der Waals surface area contributed by atoms with Gasteiger partial charge in [-0.3, -0.25) is 4.79 Å². The van der Waals surface area contributed by atoms with Crippen molar-refractivity contribution in [3.63, 3.8) is 0 Å². The number of rotatable bonds is 2. The monoisotopic (exact) mass is 153 g/mol. The summed E-state index contributed by atoms with van der Waals surface area (Å²) in [7, 11) is 5.58. The Hall–Kier alpha value is -1.32. The van der Waals surface area contributed by atoms with Crippen molar-refractivity contribution in [3.8, 4) is 0 Å². The molecule has 1 rings (SSSR count). The standard InChI is InChI=1S/C7H11N3O/c1-9(2)7-8-4-6(5-11)10(7)3/h4-5H,1-3H3. The highest BCUT2D eigenvalue weighted by Crippen LogP contribution is 2.08. The summed E-state index contributed by atoms with van der Waals surface area (Å²) < 4.78 is 1.74. The lowest BCUT2D eigenvalue weighted by atomic mass is 10.5.